The van der Waals surface area contributed by atoms with Crippen molar-refractivity contribution in [3.63, 3.8) is 0 Å². The van der Waals surface area contributed by atoms with Crippen LogP contribution in [0.3, 0.4) is 0 Å². The molecule has 1 aliphatic carbocycles. The van der Waals surface area contributed by atoms with Gasteiger partial charge in [-0.25, -0.2) is 9.59 Å². The number of aliphatic carboxylic acids is 1. The molecule has 0 saturated heterocycles. The van der Waals surface area contributed by atoms with E-state index in [0.29, 0.717) is 6.42 Å². The van der Waals surface area contributed by atoms with E-state index in [9.17, 15) is 14.7 Å². The lowest BCUT2D eigenvalue weighted by atomic mass is 9.98. The molecule has 0 aliphatic heterocycles. The summed E-state index contributed by atoms with van der Waals surface area (Å²) in [7, 11) is 0. The Hall–Kier alpha value is -2.82. The topological polar surface area (TPSA) is 75.6 Å². The molecule has 0 bridgehead atoms. The molecule has 2 aromatic carbocycles. The first-order chi connectivity index (χ1) is 16.6. The van der Waals surface area contributed by atoms with Crippen molar-refractivity contribution in [3.05, 3.63) is 59.7 Å². The fourth-order valence-electron chi connectivity index (χ4n) is 4.88. The van der Waals surface area contributed by atoms with Crippen molar-refractivity contribution in [2.45, 2.75) is 89.5 Å². The van der Waals surface area contributed by atoms with Crippen LogP contribution in [0.5, 0.6) is 0 Å². The van der Waals surface area contributed by atoms with Crippen molar-refractivity contribution in [2.75, 3.05) is 6.61 Å². The highest BCUT2D eigenvalue weighted by molar-refractivity contribution is 5.81. The normalized spacial score (nSPS) is 13.2. The Labute approximate surface area is 203 Å². The number of amides is 1. The Bertz CT molecular complexity index is 880. The smallest absolute Gasteiger partial charge is 0.407 e. The highest BCUT2D eigenvalue weighted by atomic mass is 16.5. The Morgan fingerprint density at radius 1 is 0.824 bits per heavy atom. The molecule has 0 aromatic heterocycles. The summed E-state index contributed by atoms with van der Waals surface area (Å²) in [6.07, 6.45) is 11.7. The highest BCUT2D eigenvalue weighted by Crippen LogP contribution is 2.44. The lowest BCUT2D eigenvalue weighted by Crippen LogP contribution is -2.41. The number of hydrogen-bond acceptors (Lipinski definition) is 3. The Morgan fingerprint density at radius 3 is 1.85 bits per heavy atom. The third kappa shape index (κ3) is 7.34. The fraction of sp³-hybridized carbons (Fsp3) is 0.517. The maximum atomic E-state index is 12.4. The van der Waals surface area contributed by atoms with Crippen molar-refractivity contribution in [2.24, 2.45) is 0 Å². The summed E-state index contributed by atoms with van der Waals surface area (Å²) in [4.78, 5) is 24.1. The van der Waals surface area contributed by atoms with Crippen LogP contribution in [0, 0.1) is 0 Å². The molecule has 1 atom stereocenters. The Morgan fingerprint density at radius 2 is 1.32 bits per heavy atom. The lowest BCUT2D eigenvalue weighted by molar-refractivity contribution is -0.139. The third-order valence-corrected chi connectivity index (χ3v) is 6.78. The van der Waals surface area contributed by atoms with E-state index in [1.54, 1.807) is 0 Å². The van der Waals surface area contributed by atoms with E-state index in [1.165, 1.54) is 44.9 Å². The molecule has 2 aromatic rings. The van der Waals surface area contributed by atoms with Crippen LogP contribution in [0.4, 0.5) is 4.79 Å². The van der Waals surface area contributed by atoms with Gasteiger partial charge in [0.2, 0.25) is 0 Å². The number of hydrogen-bond donors (Lipinski definition) is 2. The molecule has 5 heteroatoms. The SMILES string of the molecule is CCCCCCCCCCCCC(NC(=O)OCC1c2ccccc2-c2ccccc21)C(=O)O. The van der Waals surface area contributed by atoms with Gasteiger partial charge in [0.25, 0.3) is 0 Å². The van der Waals surface area contributed by atoms with Crippen molar-refractivity contribution < 1.29 is 19.4 Å². The molecule has 2 N–H and O–H groups in total. The summed E-state index contributed by atoms with van der Waals surface area (Å²) >= 11 is 0. The van der Waals surface area contributed by atoms with Crippen LogP contribution in [0.1, 0.15) is 94.6 Å². The number of rotatable bonds is 15. The average molecular weight is 466 g/mol. The fourth-order valence-corrected chi connectivity index (χ4v) is 4.88. The number of carbonyl (C=O) groups is 2. The molecular formula is C29H39NO4. The zero-order chi connectivity index (χ0) is 24.2. The van der Waals surface area contributed by atoms with Crippen LogP contribution in [0.25, 0.3) is 11.1 Å². The quantitative estimate of drug-likeness (QED) is 0.271. The van der Waals surface area contributed by atoms with Gasteiger partial charge in [0.1, 0.15) is 12.6 Å². The second-order valence-electron chi connectivity index (χ2n) is 9.33. The predicted octanol–water partition coefficient (Wildman–Crippen LogP) is 7.29. The predicted molar refractivity (Wildman–Crippen MR) is 136 cm³/mol. The zero-order valence-corrected chi connectivity index (χ0v) is 20.4. The van der Waals surface area contributed by atoms with E-state index in [0.717, 1.165) is 41.5 Å². The minimum Gasteiger partial charge on any atom is -0.480 e. The second kappa shape index (κ2) is 13.8. The molecule has 3 rings (SSSR count). The van der Waals surface area contributed by atoms with Crippen LogP contribution >= 0.6 is 0 Å². The van der Waals surface area contributed by atoms with Gasteiger partial charge in [-0.3, -0.25) is 0 Å². The maximum Gasteiger partial charge on any atom is 0.407 e. The highest BCUT2D eigenvalue weighted by Gasteiger charge is 2.29. The van der Waals surface area contributed by atoms with Crippen LogP contribution in [-0.4, -0.2) is 29.8 Å². The van der Waals surface area contributed by atoms with Crippen molar-refractivity contribution in [1.29, 1.82) is 0 Å². The van der Waals surface area contributed by atoms with Crippen LogP contribution in [0.15, 0.2) is 48.5 Å². The van der Waals surface area contributed by atoms with Crippen LogP contribution in [-0.2, 0) is 9.53 Å². The minimum atomic E-state index is -1.01. The number of nitrogens with one attached hydrogen (secondary N) is 1. The largest absolute Gasteiger partial charge is 0.480 e. The van der Waals surface area contributed by atoms with Crippen LogP contribution in [0.2, 0.25) is 0 Å². The number of carbonyl (C=O) groups excluding carboxylic acids is 1. The first kappa shape index (κ1) is 25.8. The average Bonchev–Trinajstić information content (AvgIpc) is 3.16. The van der Waals surface area contributed by atoms with Gasteiger partial charge in [-0.2, -0.15) is 0 Å². The molecule has 184 valence electrons. The van der Waals surface area contributed by atoms with Gasteiger partial charge in [0.15, 0.2) is 0 Å². The molecule has 0 heterocycles. The van der Waals surface area contributed by atoms with Crippen LogP contribution < -0.4 is 5.32 Å². The molecule has 1 aliphatic rings. The Balaban J connectivity index is 1.39. The maximum absolute atomic E-state index is 12.4. The standard InChI is InChI=1S/C29H39NO4/c1-2-3-4-5-6-7-8-9-10-11-20-27(28(31)32)30-29(33)34-21-26-24-18-14-12-16-22(24)23-17-13-15-19-25(23)26/h12-19,26-27H,2-11,20-21H2,1H3,(H,30,33)(H,31,32). The number of alkyl carbamates (subject to hydrolysis) is 1. The van der Waals surface area contributed by atoms with E-state index < -0.39 is 18.1 Å². The second-order valence-corrected chi connectivity index (χ2v) is 9.33. The summed E-state index contributed by atoms with van der Waals surface area (Å²) in [5.41, 5.74) is 4.60. The minimum absolute atomic E-state index is 0.0385. The van der Waals surface area contributed by atoms with Gasteiger partial charge in [0.05, 0.1) is 0 Å². The number of unbranched alkanes of at least 4 members (excludes halogenated alkanes) is 9. The molecule has 5 nitrogen and oxygen atoms in total. The molecule has 0 radical (unpaired) electrons. The van der Waals surface area contributed by atoms with E-state index in [-0.39, 0.29) is 12.5 Å². The van der Waals surface area contributed by atoms with Crippen molar-refractivity contribution in [1.82, 2.24) is 5.32 Å². The van der Waals surface area contributed by atoms with E-state index in [1.807, 2.05) is 24.3 Å². The molecule has 1 amide bonds. The van der Waals surface area contributed by atoms with Crippen molar-refractivity contribution in [3.8, 4) is 11.1 Å². The number of carboxylic acids is 1. The summed E-state index contributed by atoms with van der Waals surface area (Å²) in [5, 5.41) is 12.1. The number of fused-ring (bicyclic) bond motifs is 3. The van der Waals surface area contributed by atoms with Gasteiger partial charge in [-0.1, -0.05) is 120 Å². The number of ether oxygens (including phenoxy) is 1. The van der Waals surface area contributed by atoms with Crippen molar-refractivity contribution >= 4 is 12.1 Å². The number of benzene rings is 2. The summed E-state index contributed by atoms with van der Waals surface area (Å²) in [5.74, 6) is -1.05. The molecular weight excluding hydrogens is 426 g/mol. The van der Waals surface area contributed by atoms with E-state index >= 15 is 0 Å². The summed E-state index contributed by atoms with van der Waals surface area (Å²) in [6, 6.07) is 15.4. The van der Waals surface area contributed by atoms with Gasteiger partial charge in [-0.15, -0.1) is 0 Å². The van der Waals surface area contributed by atoms with Gasteiger partial charge >= 0.3 is 12.1 Å². The molecule has 34 heavy (non-hydrogen) atoms. The first-order valence-corrected chi connectivity index (χ1v) is 13.0. The first-order valence-electron chi connectivity index (χ1n) is 13.0. The van der Waals surface area contributed by atoms with Gasteiger partial charge in [-0.05, 0) is 28.7 Å². The molecule has 0 saturated carbocycles. The van der Waals surface area contributed by atoms with Gasteiger partial charge < -0.3 is 15.2 Å². The summed E-state index contributed by atoms with van der Waals surface area (Å²) in [6.45, 7) is 2.41. The van der Waals surface area contributed by atoms with Gasteiger partial charge in [0, 0.05) is 5.92 Å². The monoisotopic (exact) mass is 465 g/mol. The van der Waals surface area contributed by atoms with E-state index in [4.69, 9.17) is 4.74 Å². The lowest BCUT2D eigenvalue weighted by Gasteiger charge is -2.17. The molecule has 0 fully saturated rings. The Kier molecular flexibility index (Phi) is 10.5. The number of carboxylic acid groups (broad SMARTS) is 1. The molecule has 1 unspecified atom stereocenters. The molecule has 0 spiro atoms. The van der Waals surface area contributed by atoms with E-state index in [2.05, 4.69) is 36.5 Å². The summed E-state index contributed by atoms with van der Waals surface area (Å²) < 4.78 is 5.51. The zero-order valence-electron chi connectivity index (χ0n) is 20.4. The third-order valence-electron chi connectivity index (χ3n) is 6.78.